The number of carbonyl (C=O) groups is 1. The van der Waals surface area contributed by atoms with Crippen LogP contribution in [0.5, 0.6) is 0 Å². The van der Waals surface area contributed by atoms with Crippen LogP contribution in [0.1, 0.15) is 153 Å². The van der Waals surface area contributed by atoms with Gasteiger partial charge in [-0.25, -0.2) is 0 Å². The van der Waals surface area contributed by atoms with E-state index in [2.05, 4.69) is 38.1 Å². The molecule has 1 aromatic carbocycles. The molecular weight excluding hydrogens is 412 g/mol. The largest absolute Gasteiger partial charge is 0.303 e. The Kier molecular flexibility index (Phi) is 12.2. The van der Waals surface area contributed by atoms with Gasteiger partial charge in [-0.2, -0.15) is 0 Å². The quantitative estimate of drug-likeness (QED) is 0.185. The normalized spacial score (nSPS) is 27.5. The number of hydrogen-bond donors (Lipinski definition) is 0. The molecule has 2 aliphatic carbocycles. The Morgan fingerprint density at radius 3 is 1.94 bits per heavy atom. The van der Waals surface area contributed by atoms with Crippen molar-refractivity contribution in [3.05, 3.63) is 35.4 Å². The van der Waals surface area contributed by atoms with E-state index in [4.69, 9.17) is 0 Å². The molecule has 34 heavy (non-hydrogen) atoms. The summed E-state index contributed by atoms with van der Waals surface area (Å²) in [6, 6.07) is 9.62. The summed E-state index contributed by atoms with van der Waals surface area (Å²) < 4.78 is 0. The van der Waals surface area contributed by atoms with Gasteiger partial charge < -0.3 is 4.79 Å². The molecule has 0 atom stereocenters. The van der Waals surface area contributed by atoms with Crippen molar-refractivity contribution in [2.24, 2.45) is 17.3 Å². The number of unbranched alkanes of at least 4 members (excludes halogenated alkanes) is 6. The van der Waals surface area contributed by atoms with Gasteiger partial charge in [0.25, 0.3) is 0 Å². The minimum absolute atomic E-state index is 0.0162. The Labute approximate surface area is 211 Å². The van der Waals surface area contributed by atoms with E-state index >= 15 is 0 Å². The summed E-state index contributed by atoms with van der Waals surface area (Å²) in [5.74, 6) is 2.64. The highest BCUT2D eigenvalue weighted by Gasteiger charge is 2.35. The molecule has 2 saturated carbocycles. The van der Waals surface area contributed by atoms with Crippen molar-refractivity contribution >= 4 is 6.29 Å². The number of benzene rings is 1. The van der Waals surface area contributed by atoms with Crippen LogP contribution < -0.4 is 0 Å². The van der Waals surface area contributed by atoms with Gasteiger partial charge in [-0.15, -0.1) is 0 Å². The van der Waals surface area contributed by atoms with E-state index in [0.717, 1.165) is 31.1 Å². The first-order chi connectivity index (χ1) is 16.7. The summed E-state index contributed by atoms with van der Waals surface area (Å²) in [6.07, 6.45) is 27.8. The lowest BCUT2D eigenvalue weighted by atomic mass is 9.67. The second-order valence-corrected chi connectivity index (χ2v) is 12.1. The highest BCUT2D eigenvalue weighted by Crippen LogP contribution is 2.45. The van der Waals surface area contributed by atoms with Crippen LogP contribution in [0.3, 0.4) is 0 Å². The lowest BCUT2D eigenvalue weighted by Crippen LogP contribution is -2.28. The molecule has 0 N–H and O–H groups in total. The molecule has 0 bridgehead atoms. The minimum atomic E-state index is -0.0162. The molecule has 0 aromatic heterocycles. The Hall–Kier alpha value is -1.11. The third-order valence-electron chi connectivity index (χ3n) is 9.48. The second-order valence-electron chi connectivity index (χ2n) is 12.1. The predicted molar refractivity (Wildman–Crippen MR) is 147 cm³/mol. The zero-order chi connectivity index (χ0) is 24.1. The van der Waals surface area contributed by atoms with Gasteiger partial charge in [0.15, 0.2) is 0 Å². The van der Waals surface area contributed by atoms with Gasteiger partial charge >= 0.3 is 0 Å². The van der Waals surface area contributed by atoms with Crippen LogP contribution in [-0.4, -0.2) is 6.29 Å². The molecule has 1 nitrogen and oxygen atoms in total. The first-order valence-electron chi connectivity index (χ1n) is 15.2. The molecule has 0 saturated heterocycles. The summed E-state index contributed by atoms with van der Waals surface area (Å²) in [5, 5.41) is 0. The van der Waals surface area contributed by atoms with Gasteiger partial charge in [0.2, 0.25) is 0 Å². The van der Waals surface area contributed by atoms with E-state index < -0.39 is 0 Å². The van der Waals surface area contributed by atoms with Crippen molar-refractivity contribution in [2.45, 2.75) is 148 Å². The molecule has 0 spiro atoms. The molecule has 192 valence electrons. The van der Waals surface area contributed by atoms with Crippen molar-refractivity contribution in [3.63, 3.8) is 0 Å². The molecule has 0 amide bonds. The van der Waals surface area contributed by atoms with Gasteiger partial charge in [0.1, 0.15) is 6.29 Å². The van der Waals surface area contributed by atoms with Crippen molar-refractivity contribution in [3.8, 4) is 0 Å². The van der Waals surface area contributed by atoms with Crippen molar-refractivity contribution in [1.29, 1.82) is 0 Å². The van der Waals surface area contributed by atoms with E-state index in [9.17, 15) is 4.79 Å². The molecule has 0 aliphatic heterocycles. The number of aryl methyl sites for hydroxylation is 1. The maximum Gasteiger partial charge on any atom is 0.126 e. The van der Waals surface area contributed by atoms with Crippen LogP contribution in [0.2, 0.25) is 0 Å². The van der Waals surface area contributed by atoms with Gasteiger partial charge in [-0.05, 0) is 73.8 Å². The van der Waals surface area contributed by atoms with Crippen molar-refractivity contribution in [2.75, 3.05) is 0 Å². The van der Waals surface area contributed by atoms with Gasteiger partial charge in [-0.3, -0.25) is 0 Å². The van der Waals surface area contributed by atoms with Crippen LogP contribution in [0.25, 0.3) is 0 Å². The predicted octanol–water partition coefficient (Wildman–Crippen LogP) is 10.2. The summed E-state index contributed by atoms with van der Waals surface area (Å²) in [7, 11) is 0. The van der Waals surface area contributed by atoms with Crippen LogP contribution in [0.15, 0.2) is 24.3 Å². The fourth-order valence-electron chi connectivity index (χ4n) is 6.85. The number of aldehydes is 1. The zero-order valence-electron chi connectivity index (χ0n) is 22.7. The lowest BCUT2D eigenvalue weighted by molar-refractivity contribution is -0.118. The fourth-order valence-corrected chi connectivity index (χ4v) is 6.85. The molecule has 0 unspecified atom stereocenters. The van der Waals surface area contributed by atoms with E-state index in [0.29, 0.717) is 5.92 Å². The monoisotopic (exact) mass is 466 g/mol. The smallest absolute Gasteiger partial charge is 0.126 e. The van der Waals surface area contributed by atoms with Gasteiger partial charge in [0.05, 0.1) is 0 Å². The summed E-state index contributed by atoms with van der Waals surface area (Å²) >= 11 is 0. The molecule has 1 heteroatoms. The third kappa shape index (κ3) is 8.83. The summed E-state index contributed by atoms with van der Waals surface area (Å²) in [6.45, 7) is 4.58. The molecule has 0 radical (unpaired) electrons. The minimum Gasteiger partial charge on any atom is -0.303 e. The molecule has 2 aliphatic rings. The summed E-state index contributed by atoms with van der Waals surface area (Å²) in [4.78, 5) is 12.0. The number of hydrogen-bond acceptors (Lipinski definition) is 1. The topological polar surface area (TPSA) is 17.1 Å². The van der Waals surface area contributed by atoms with Crippen LogP contribution >= 0.6 is 0 Å². The first-order valence-corrected chi connectivity index (χ1v) is 15.2. The fraction of sp³-hybridized carbons (Fsp3) is 0.788. The Morgan fingerprint density at radius 1 is 0.735 bits per heavy atom. The average Bonchev–Trinajstić information content (AvgIpc) is 2.89. The zero-order valence-corrected chi connectivity index (χ0v) is 22.7. The van der Waals surface area contributed by atoms with Crippen LogP contribution in [0.4, 0.5) is 0 Å². The molecule has 1 aromatic rings. The van der Waals surface area contributed by atoms with Gasteiger partial charge in [0, 0.05) is 5.41 Å². The Bertz CT molecular complexity index is 658. The van der Waals surface area contributed by atoms with Crippen molar-refractivity contribution in [1.82, 2.24) is 0 Å². The molecule has 0 heterocycles. The molecule has 3 rings (SSSR count). The number of rotatable bonds is 15. The molecule has 2 fully saturated rings. The van der Waals surface area contributed by atoms with Crippen LogP contribution in [-0.2, 0) is 11.2 Å². The summed E-state index contributed by atoms with van der Waals surface area (Å²) in [5.41, 5.74) is 3.02. The van der Waals surface area contributed by atoms with Crippen molar-refractivity contribution < 1.29 is 4.79 Å². The first kappa shape index (κ1) is 27.5. The van der Waals surface area contributed by atoms with E-state index in [1.165, 1.54) is 127 Å². The van der Waals surface area contributed by atoms with E-state index in [1.807, 2.05) is 0 Å². The van der Waals surface area contributed by atoms with E-state index in [1.54, 1.807) is 0 Å². The second kappa shape index (κ2) is 15.1. The van der Waals surface area contributed by atoms with Gasteiger partial charge in [-0.1, -0.05) is 122 Å². The highest BCUT2D eigenvalue weighted by molar-refractivity contribution is 5.59. The standard InChI is InChI=1S/C33H54O/c1-3-5-7-8-10-24-33(27-34)25-22-32(23-26-33)31-20-18-30(19-21-31)17-16-29-14-12-28(13-15-29)11-9-6-4-2/h18-21,27-29,32H,3-17,22-26H2,1-2H3. The SMILES string of the molecule is CCCCCCCC1(C=O)CCC(c2ccc(CCC3CCC(CCCCC)CC3)cc2)CC1. The molecular formula is C33H54O. The maximum atomic E-state index is 12.0. The maximum absolute atomic E-state index is 12.0. The van der Waals surface area contributed by atoms with Crippen LogP contribution in [0, 0.1) is 17.3 Å². The lowest BCUT2D eigenvalue weighted by Gasteiger charge is -2.36. The highest BCUT2D eigenvalue weighted by atomic mass is 16.1. The Balaban J connectivity index is 1.36. The Morgan fingerprint density at radius 2 is 1.32 bits per heavy atom. The number of carbonyl (C=O) groups excluding carboxylic acids is 1. The van der Waals surface area contributed by atoms with E-state index in [-0.39, 0.29) is 5.41 Å². The third-order valence-corrected chi connectivity index (χ3v) is 9.48. The average molecular weight is 467 g/mol.